The van der Waals surface area contributed by atoms with Gasteiger partial charge in [0.25, 0.3) is 0 Å². The zero-order chi connectivity index (χ0) is 12.3. The number of likely N-dealkylation sites (N-methyl/N-ethyl adjacent to an activating group) is 1. The summed E-state index contributed by atoms with van der Waals surface area (Å²) in [5.74, 6) is 2.12. The third-order valence-corrected chi connectivity index (χ3v) is 4.58. The van der Waals surface area contributed by atoms with Crippen molar-refractivity contribution in [1.29, 1.82) is 0 Å². The van der Waals surface area contributed by atoms with Crippen LogP contribution in [0.15, 0.2) is 0 Å². The Morgan fingerprint density at radius 1 is 1.12 bits per heavy atom. The van der Waals surface area contributed by atoms with Gasteiger partial charge in [-0.25, -0.2) is 0 Å². The first-order chi connectivity index (χ1) is 8.16. The van der Waals surface area contributed by atoms with Gasteiger partial charge in [0, 0.05) is 20.1 Å². The van der Waals surface area contributed by atoms with Crippen molar-refractivity contribution in [1.82, 2.24) is 10.2 Å². The molecule has 0 radical (unpaired) electrons. The Morgan fingerprint density at radius 2 is 1.82 bits per heavy atom. The second kappa shape index (κ2) is 5.85. The molecule has 98 valence electrons. The van der Waals surface area contributed by atoms with Crippen LogP contribution in [0.4, 0.5) is 0 Å². The van der Waals surface area contributed by atoms with Gasteiger partial charge < -0.3 is 10.2 Å². The van der Waals surface area contributed by atoms with Crippen molar-refractivity contribution in [3.8, 4) is 0 Å². The molecule has 0 aliphatic heterocycles. The summed E-state index contributed by atoms with van der Waals surface area (Å²) in [4.78, 5) is 13.2. The van der Waals surface area contributed by atoms with Crippen LogP contribution in [-0.4, -0.2) is 37.5 Å². The zero-order valence-corrected chi connectivity index (χ0v) is 11.2. The van der Waals surface area contributed by atoms with E-state index in [9.17, 15) is 4.79 Å². The van der Waals surface area contributed by atoms with Gasteiger partial charge in [-0.15, -0.1) is 0 Å². The van der Waals surface area contributed by atoms with Gasteiger partial charge in [-0.3, -0.25) is 4.79 Å². The smallest absolute Gasteiger partial charge is 0.236 e. The number of fused-ring (bicyclic) bond motifs is 1. The third-order valence-electron chi connectivity index (χ3n) is 4.58. The maximum Gasteiger partial charge on any atom is 0.236 e. The lowest BCUT2D eigenvalue weighted by Crippen LogP contribution is -2.43. The molecule has 2 aliphatic carbocycles. The fourth-order valence-electron chi connectivity index (χ4n) is 3.45. The van der Waals surface area contributed by atoms with Crippen LogP contribution in [0.1, 0.15) is 44.9 Å². The molecule has 0 aromatic heterocycles. The predicted octanol–water partition coefficient (Wildman–Crippen LogP) is 2.02. The molecule has 0 aromatic carbocycles. The number of hydrogen-bond donors (Lipinski definition) is 1. The predicted molar refractivity (Wildman–Crippen MR) is 69.8 cm³/mol. The molecule has 2 rings (SSSR count). The Bertz CT molecular complexity index is 265. The van der Waals surface area contributed by atoms with Gasteiger partial charge in [0.2, 0.25) is 5.91 Å². The maximum absolute atomic E-state index is 11.5. The molecule has 0 saturated heterocycles. The van der Waals surface area contributed by atoms with Gasteiger partial charge in [-0.05, 0) is 31.1 Å². The summed E-state index contributed by atoms with van der Waals surface area (Å²) in [7, 11) is 3.64. The first-order valence-electron chi connectivity index (χ1n) is 7.10. The standard InChI is InChI=1S/C14H26N2O/c1-16(2)14(17)10-15-13-8-7-11-5-3-4-6-12(11)9-13/h11-13,15H,3-10H2,1-2H3. The van der Waals surface area contributed by atoms with Crippen LogP contribution in [0, 0.1) is 11.8 Å². The van der Waals surface area contributed by atoms with Crippen molar-refractivity contribution in [2.75, 3.05) is 20.6 Å². The second-order valence-corrected chi connectivity index (χ2v) is 5.98. The highest BCUT2D eigenvalue weighted by Crippen LogP contribution is 2.40. The number of rotatable bonds is 3. The summed E-state index contributed by atoms with van der Waals surface area (Å²) >= 11 is 0. The minimum absolute atomic E-state index is 0.191. The summed E-state index contributed by atoms with van der Waals surface area (Å²) in [6.07, 6.45) is 9.67. The summed E-state index contributed by atoms with van der Waals surface area (Å²) in [5.41, 5.74) is 0. The molecule has 3 atom stereocenters. The molecule has 2 fully saturated rings. The average Bonchev–Trinajstić information content (AvgIpc) is 2.35. The molecule has 3 unspecified atom stereocenters. The molecule has 3 heteroatoms. The molecule has 2 saturated carbocycles. The largest absolute Gasteiger partial charge is 0.348 e. The van der Waals surface area contributed by atoms with Gasteiger partial charge >= 0.3 is 0 Å². The summed E-state index contributed by atoms with van der Waals surface area (Å²) in [5, 5.41) is 3.44. The van der Waals surface area contributed by atoms with Crippen molar-refractivity contribution >= 4 is 5.91 Å². The van der Waals surface area contributed by atoms with Crippen LogP contribution in [-0.2, 0) is 4.79 Å². The SMILES string of the molecule is CN(C)C(=O)CNC1CCC2CCCCC2C1. The van der Waals surface area contributed by atoms with Gasteiger partial charge in [-0.1, -0.05) is 25.7 Å². The van der Waals surface area contributed by atoms with E-state index in [1.807, 2.05) is 14.1 Å². The highest BCUT2D eigenvalue weighted by atomic mass is 16.2. The Kier molecular flexibility index (Phi) is 4.43. The van der Waals surface area contributed by atoms with E-state index in [0.717, 1.165) is 11.8 Å². The van der Waals surface area contributed by atoms with E-state index in [2.05, 4.69) is 5.32 Å². The quantitative estimate of drug-likeness (QED) is 0.816. The van der Waals surface area contributed by atoms with Gasteiger partial charge in [-0.2, -0.15) is 0 Å². The first-order valence-corrected chi connectivity index (χ1v) is 7.10. The molecule has 0 bridgehead atoms. The minimum Gasteiger partial charge on any atom is -0.348 e. The fourth-order valence-corrected chi connectivity index (χ4v) is 3.45. The van der Waals surface area contributed by atoms with Crippen molar-refractivity contribution in [3.63, 3.8) is 0 Å². The number of carbonyl (C=O) groups is 1. The molecule has 1 amide bonds. The van der Waals surface area contributed by atoms with Crippen molar-refractivity contribution < 1.29 is 4.79 Å². The average molecular weight is 238 g/mol. The maximum atomic E-state index is 11.5. The molecule has 3 nitrogen and oxygen atoms in total. The molecule has 0 heterocycles. The van der Waals surface area contributed by atoms with E-state index in [4.69, 9.17) is 0 Å². The van der Waals surface area contributed by atoms with E-state index < -0.39 is 0 Å². The second-order valence-electron chi connectivity index (χ2n) is 5.98. The van der Waals surface area contributed by atoms with Crippen LogP contribution >= 0.6 is 0 Å². The number of nitrogens with zero attached hydrogens (tertiary/aromatic N) is 1. The molecular weight excluding hydrogens is 212 g/mol. The summed E-state index contributed by atoms with van der Waals surface area (Å²) in [6, 6.07) is 0.582. The lowest BCUT2D eigenvalue weighted by molar-refractivity contribution is -0.127. The van der Waals surface area contributed by atoms with E-state index in [0.29, 0.717) is 12.6 Å². The van der Waals surface area contributed by atoms with Gasteiger partial charge in [0.05, 0.1) is 6.54 Å². The highest BCUT2D eigenvalue weighted by molar-refractivity contribution is 5.77. The topological polar surface area (TPSA) is 32.3 Å². The van der Waals surface area contributed by atoms with Gasteiger partial charge in [0.1, 0.15) is 0 Å². The Morgan fingerprint density at radius 3 is 2.53 bits per heavy atom. The van der Waals surface area contributed by atoms with Gasteiger partial charge in [0.15, 0.2) is 0 Å². The van der Waals surface area contributed by atoms with E-state index >= 15 is 0 Å². The summed E-state index contributed by atoms with van der Waals surface area (Å²) < 4.78 is 0. The lowest BCUT2D eigenvalue weighted by Gasteiger charge is -2.39. The molecule has 0 spiro atoms. The van der Waals surface area contributed by atoms with Crippen molar-refractivity contribution in [2.24, 2.45) is 11.8 Å². The number of carbonyl (C=O) groups excluding carboxylic acids is 1. The zero-order valence-electron chi connectivity index (χ0n) is 11.2. The Balaban J connectivity index is 1.74. The number of amides is 1. The molecule has 1 N–H and O–H groups in total. The molecule has 2 aliphatic rings. The normalized spacial score (nSPS) is 32.9. The number of hydrogen-bond acceptors (Lipinski definition) is 2. The minimum atomic E-state index is 0.191. The van der Waals surface area contributed by atoms with E-state index in [-0.39, 0.29) is 5.91 Å². The van der Waals surface area contributed by atoms with Crippen LogP contribution < -0.4 is 5.32 Å². The van der Waals surface area contributed by atoms with E-state index in [1.165, 1.54) is 44.9 Å². The highest BCUT2D eigenvalue weighted by Gasteiger charge is 2.31. The number of nitrogens with one attached hydrogen (secondary N) is 1. The van der Waals surface area contributed by atoms with E-state index in [1.54, 1.807) is 4.90 Å². The molecule has 17 heavy (non-hydrogen) atoms. The Labute approximate surface area is 105 Å². The Hall–Kier alpha value is -0.570. The van der Waals surface area contributed by atoms with Crippen LogP contribution in [0.5, 0.6) is 0 Å². The van der Waals surface area contributed by atoms with Crippen LogP contribution in [0.2, 0.25) is 0 Å². The van der Waals surface area contributed by atoms with Crippen molar-refractivity contribution in [3.05, 3.63) is 0 Å². The molecule has 0 aromatic rings. The van der Waals surface area contributed by atoms with Crippen LogP contribution in [0.3, 0.4) is 0 Å². The first kappa shape index (κ1) is 12.9. The monoisotopic (exact) mass is 238 g/mol. The summed E-state index contributed by atoms with van der Waals surface area (Å²) in [6.45, 7) is 0.509. The fraction of sp³-hybridized carbons (Fsp3) is 0.929. The van der Waals surface area contributed by atoms with Crippen molar-refractivity contribution in [2.45, 2.75) is 51.0 Å². The third kappa shape index (κ3) is 3.44. The lowest BCUT2D eigenvalue weighted by atomic mass is 9.69. The van der Waals surface area contributed by atoms with Crippen LogP contribution in [0.25, 0.3) is 0 Å². The molecular formula is C14H26N2O.